The van der Waals surface area contributed by atoms with Gasteiger partial charge in [0.1, 0.15) is 18.1 Å². The van der Waals surface area contributed by atoms with Crippen molar-refractivity contribution in [3.63, 3.8) is 0 Å². The van der Waals surface area contributed by atoms with Gasteiger partial charge in [-0.2, -0.15) is 0 Å². The standard InChI is InChI=1S/C48H75NO17/c1-28-18-16-14-12-10-8-6-7-9-11-13-15-17-19-35(65-47-45(59)42(49)44(58)31(4)64-47)25-39-41(46(60)62-5)38(55)27-48(61,66-39)26-34(52)23-37(54)36(53)21-20-32(50)22-33(51)24-40(56)63-30(3)29(2)43(28)57/h6-19,28-39,41-45,47,50-55,57-59,61H,20-27,49H2,1-5H3/t28-,29+,30-,31-,32+,33+,34-,35+,36-,37+,38-,39-,41-,42-,43-,44+,45+,47+,48-/m1/s1. The van der Waals surface area contributed by atoms with Crippen molar-refractivity contribution < 1.29 is 84.3 Å². The van der Waals surface area contributed by atoms with Gasteiger partial charge in [-0.05, 0) is 33.1 Å². The van der Waals surface area contributed by atoms with Gasteiger partial charge in [0.15, 0.2) is 12.1 Å². The Morgan fingerprint density at radius 1 is 0.667 bits per heavy atom. The molecule has 18 nitrogen and oxygen atoms in total. The minimum atomic E-state index is -2.27. The predicted molar refractivity (Wildman–Crippen MR) is 241 cm³/mol. The molecular formula is C48H75NO17. The Hall–Kier alpha value is -3.44. The number of nitrogens with two attached hydrogens (primary N) is 1. The van der Waals surface area contributed by atoms with Crippen molar-refractivity contribution in [2.75, 3.05) is 7.11 Å². The Morgan fingerprint density at radius 2 is 1.24 bits per heavy atom. The Balaban J connectivity index is 1.88. The minimum absolute atomic E-state index is 0.0949. The van der Waals surface area contributed by atoms with Crippen LogP contribution in [0.1, 0.15) is 79.1 Å². The molecule has 12 N–H and O–H groups in total. The first kappa shape index (κ1) is 56.9. The molecular weight excluding hydrogens is 863 g/mol. The highest BCUT2D eigenvalue weighted by Gasteiger charge is 2.51. The molecule has 2 bridgehead atoms. The monoisotopic (exact) mass is 938 g/mol. The minimum Gasteiger partial charge on any atom is -0.469 e. The number of allylic oxidation sites excluding steroid dienone is 12. The van der Waals surface area contributed by atoms with Crippen LogP contribution in [0.4, 0.5) is 0 Å². The summed E-state index contributed by atoms with van der Waals surface area (Å²) in [6, 6.07) is -1.13. The van der Waals surface area contributed by atoms with Crippen molar-refractivity contribution in [1.29, 1.82) is 0 Å². The highest BCUT2D eigenvalue weighted by atomic mass is 16.7. The van der Waals surface area contributed by atoms with Gasteiger partial charge in [0.05, 0.1) is 86.7 Å². The molecule has 0 radical (unpaired) electrons. The summed E-state index contributed by atoms with van der Waals surface area (Å²) in [5, 5.41) is 109. The third kappa shape index (κ3) is 18.6. The zero-order valence-corrected chi connectivity index (χ0v) is 38.5. The molecule has 0 aliphatic carbocycles. The fourth-order valence-corrected chi connectivity index (χ4v) is 8.09. The van der Waals surface area contributed by atoms with Gasteiger partial charge in [-0.25, -0.2) is 0 Å². The number of esters is 2. The highest BCUT2D eigenvalue weighted by Crippen LogP contribution is 2.38. The summed E-state index contributed by atoms with van der Waals surface area (Å²) < 4.78 is 28.4. The zero-order valence-electron chi connectivity index (χ0n) is 38.5. The summed E-state index contributed by atoms with van der Waals surface area (Å²) in [7, 11) is 1.12. The van der Waals surface area contributed by atoms with Crippen LogP contribution in [-0.4, -0.2) is 168 Å². The lowest BCUT2D eigenvalue weighted by atomic mass is 9.82. The number of methoxy groups -OCH3 is 1. The number of carbonyl (C=O) groups excluding carboxylic acids is 2. The van der Waals surface area contributed by atoms with E-state index < -0.39 is 147 Å². The van der Waals surface area contributed by atoms with E-state index in [0.29, 0.717) is 0 Å². The number of hydrogen-bond donors (Lipinski definition) is 11. The molecule has 0 aromatic rings. The van der Waals surface area contributed by atoms with Crippen molar-refractivity contribution in [1.82, 2.24) is 0 Å². The van der Waals surface area contributed by atoms with E-state index in [1.165, 1.54) is 0 Å². The molecule has 3 rings (SSSR count). The second kappa shape index (κ2) is 28.1. The van der Waals surface area contributed by atoms with Crippen LogP contribution in [0.3, 0.4) is 0 Å². The van der Waals surface area contributed by atoms with Crippen molar-refractivity contribution in [2.24, 2.45) is 23.5 Å². The molecule has 0 saturated carbocycles. The van der Waals surface area contributed by atoms with Gasteiger partial charge in [-0.1, -0.05) is 98.9 Å². The first-order valence-electron chi connectivity index (χ1n) is 22.7. The molecule has 2 saturated heterocycles. The molecule has 19 atom stereocenters. The average Bonchev–Trinajstić information content (AvgIpc) is 3.24. The molecule has 18 heteroatoms. The number of cyclic esters (lactones) is 1. The van der Waals surface area contributed by atoms with Crippen LogP contribution in [0.2, 0.25) is 0 Å². The normalized spacial score (nSPS) is 41.5. The van der Waals surface area contributed by atoms with E-state index in [0.717, 1.165) is 7.11 Å². The van der Waals surface area contributed by atoms with Gasteiger partial charge in [-0.3, -0.25) is 9.59 Å². The smallest absolute Gasteiger partial charge is 0.313 e. The van der Waals surface area contributed by atoms with Gasteiger partial charge in [-0.15, -0.1) is 0 Å². The van der Waals surface area contributed by atoms with Crippen LogP contribution in [-0.2, 0) is 33.3 Å². The van der Waals surface area contributed by atoms with E-state index in [1.807, 2.05) is 37.3 Å². The van der Waals surface area contributed by atoms with Gasteiger partial charge in [0.2, 0.25) is 0 Å². The van der Waals surface area contributed by atoms with Gasteiger partial charge in [0.25, 0.3) is 0 Å². The van der Waals surface area contributed by atoms with Crippen LogP contribution < -0.4 is 5.73 Å². The maximum Gasteiger partial charge on any atom is 0.313 e. The molecule has 3 aliphatic rings. The maximum atomic E-state index is 13.1. The van der Waals surface area contributed by atoms with Crippen LogP contribution in [0.25, 0.3) is 0 Å². The number of ether oxygens (including phenoxy) is 5. The molecule has 0 aromatic carbocycles. The third-order valence-electron chi connectivity index (χ3n) is 12.2. The van der Waals surface area contributed by atoms with Gasteiger partial charge < -0.3 is 80.5 Å². The summed E-state index contributed by atoms with van der Waals surface area (Å²) >= 11 is 0. The summed E-state index contributed by atoms with van der Waals surface area (Å²) in [6.07, 6.45) is 4.50. The Bertz CT molecular complexity index is 1680. The van der Waals surface area contributed by atoms with E-state index in [9.17, 15) is 60.7 Å². The van der Waals surface area contributed by atoms with Crippen molar-refractivity contribution in [3.05, 3.63) is 85.1 Å². The quantitative estimate of drug-likeness (QED) is 0.174. The van der Waals surface area contributed by atoms with E-state index in [1.54, 1.807) is 75.5 Å². The van der Waals surface area contributed by atoms with E-state index in [2.05, 4.69) is 0 Å². The second-order valence-corrected chi connectivity index (χ2v) is 17.8. The number of aliphatic hydroxyl groups is 10. The molecule has 66 heavy (non-hydrogen) atoms. The Kier molecular flexibility index (Phi) is 24.3. The molecule has 0 aromatic heterocycles. The topological polar surface area (TPSA) is 309 Å². The fraction of sp³-hybridized carbons (Fsp3) is 0.667. The van der Waals surface area contributed by atoms with Gasteiger partial charge >= 0.3 is 11.9 Å². The summed E-state index contributed by atoms with van der Waals surface area (Å²) in [4.78, 5) is 25.7. The summed E-state index contributed by atoms with van der Waals surface area (Å²) in [5.74, 6) is -5.93. The molecule has 0 spiro atoms. The molecule has 2 fully saturated rings. The predicted octanol–water partition coefficient (Wildman–Crippen LogP) is 0.800. The first-order chi connectivity index (χ1) is 31.2. The number of carbonyl (C=O) groups is 2. The van der Waals surface area contributed by atoms with Crippen LogP contribution in [0, 0.1) is 17.8 Å². The van der Waals surface area contributed by atoms with Crippen LogP contribution in [0.15, 0.2) is 85.1 Å². The molecule has 3 aliphatic heterocycles. The lowest BCUT2D eigenvalue weighted by molar-refractivity contribution is -0.308. The largest absolute Gasteiger partial charge is 0.469 e. The van der Waals surface area contributed by atoms with Crippen LogP contribution >= 0.6 is 0 Å². The van der Waals surface area contributed by atoms with E-state index >= 15 is 0 Å². The van der Waals surface area contributed by atoms with Crippen LogP contribution in [0.5, 0.6) is 0 Å². The lowest BCUT2D eigenvalue weighted by Crippen LogP contribution is -2.61. The van der Waals surface area contributed by atoms with E-state index in [4.69, 9.17) is 29.4 Å². The number of rotatable bonds is 3. The SMILES string of the molecule is COC(=O)[C@@H]1[C@H](O)C[C@@]2(O)C[C@H](O)C[C@H](O)[C@H](O)CC[C@H](O)C[C@H](O)CC(=O)O[C@H](C)[C@H](C)[C@H](O)[C@H](C)C=CC=CC=CC=CC=CC=CC=C[C@H](O[C@@H]3O[C@H](C)[C@H](O)[C@@H](N)[C@@H]3O)C[C@H]1O2. The second-order valence-electron chi connectivity index (χ2n) is 17.8. The summed E-state index contributed by atoms with van der Waals surface area (Å²) in [6.45, 7) is 6.78. The summed E-state index contributed by atoms with van der Waals surface area (Å²) in [5.41, 5.74) is 6.05. The molecule has 3 heterocycles. The molecule has 0 amide bonds. The Morgan fingerprint density at radius 3 is 1.83 bits per heavy atom. The van der Waals surface area contributed by atoms with E-state index in [-0.39, 0.29) is 31.6 Å². The number of aliphatic hydroxyl groups excluding tert-OH is 9. The van der Waals surface area contributed by atoms with Crippen molar-refractivity contribution in [3.8, 4) is 0 Å². The molecule has 0 unspecified atom stereocenters. The number of fused-ring (bicyclic) bond motifs is 2. The molecule has 374 valence electrons. The zero-order chi connectivity index (χ0) is 49.1. The highest BCUT2D eigenvalue weighted by molar-refractivity contribution is 5.74. The third-order valence-corrected chi connectivity index (χ3v) is 12.2. The van der Waals surface area contributed by atoms with Crippen molar-refractivity contribution >= 4 is 11.9 Å². The van der Waals surface area contributed by atoms with Crippen molar-refractivity contribution in [2.45, 2.75) is 177 Å². The number of hydrogen-bond acceptors (Lipinski definition) is 18. The maximum absolute atomic E-state index is 13.1. The van der Waals surface area contributed by atoms with Gasteiger partial charge in [0, 0.05) is 37.5 Å². The first-order valence-corrected chi connectivity index (χ1v) is 22.7. The Labute approximate surface area is 387 Å². The average molecular weight is 938 g/mol. The lowest BCUT2D eigenvalue weighted by Gasteiger charge is -2.45. The fourth-order valence-electron chi connectivity index (χ4n) is 8.09.